The van der Waals surface area contributed by atoms with E-state index >= 15 is 0 Å². The normalized spacial score (nSPS) is 14.5. The molecule has 1 amide bonds. The number of pyridine rings is 1. The van der Waals surface area contributed by atoms with Gasteiger partial charge in [0, 0.05) is 53.8 Å². The van der Waals surface area contributed by atoms with Crippen molar-refractivity contribution in [2.45, 2.75) is 53.1 Å². The number of hydrogen-bond donors (Lipinski definition) is 2. The molecule has 2 N–H and O–H groups in total. The van der Waals surface area contributed by atoms with Gasteiger partial charge >= 0.3 is 0 Å². The second-order valence-electron chi connectivity index (χ2n) is 7.95. The number of anilines is 1. The van der Waals surface area contributed by atoms with Crippen LogP contribution in [0.2, 0.25) is 5.02 Å². The fourth-order valence-electron chi connectivity index (χ4n) is 4.25. The maximum Gasteiger partial charge on any atom is 0.253 e. The standard InChI is InChI=1S/C23H29BrClN3O3/c1-5-28(16-6-8-31-9-7-16)19-11-18(24)21(25)20(15(19)4)23(30)26-12-17-13(2)10-14(3)27-22(17)29/h10-11,16H,5-9,12H2,1-4H3,(H,26,30)(H,27,29). The van der Waals surface area contributed by atoms with Gasteiger partial charge in [-0.1, -0.05) is 11.6 Å². The molecule has 1 aromatic carbocycles. The zero-order valence-electron chi connectivity index (χ0n) is 18.4. The lowest BCUT2D eigenvalue weighted by Gasteiger charge is -2.37. The molecule has 6 nitrogen and oxygen atoms in total. The third-order valence-corrected chi connectivity index (χ3v) is 7.13. The Hall–Kier alpha value is -1.83. The van der Waals surface area contributed by atoms with Crippen molar-refractivity contribution in [3.8, 4) is 0 Å². The van der Waals surface area contributed by atoms with Gasteiger partial charge in [-0.2, -0.15) is 0 Å². The smallest absolute Gasteiger partial charge is 0.253 e. The molecule has 2 aromatic rings. The first kappa shape index (κ1) is 23.8. The minimum absolute atomic E-state index is 0.134. The largest absolute Gasteiger partial charge is 0.381 e. The van der Waals surface area contributed by atoms with E-state index in [0.29, 0.717) is 26.7 Å². The van der Waals surface area contributed by atoms with E-state index in [-0.39, 0.29) is 18.0 Å². The number of rotatable bonds is 6. The van der Waals surface area contributed by atoms with E-state index in [2.05, 4.69) is 38.1 Å². The van der Waals surface area contributed by atoms with E-state index < -0.39 is 0 Å². The molecule has 31 heavy (non-hydrogen) atoms. The van der Waals surface area contributed by atoms with Gasteiger partial charge in [-0.3, -0.25) is 9.59 Å². The number of nitrogens with zero attached hydrogens (tertiary/aromatic N) is 1. The molecule has 2 heterocycles. The minimum Gasteiger partial charge on any atom is -0.381 e. The molecule has 8 heteroatoms. The molecular weight excluding hydrogens is 482 g/mol. The van der Waals surface area contributed by atoms with Gasteiger partial charge < -0.3 is 19.9 Å². The second-order valence-corrected chi connectivity index (χ2v) is 9.18. The van der Waals surface area contributed by atoms with Crippen molar-refractivity contribution in [2.75, 3.05) is 24.7 Å². The summed E-state index contributed by atoms with van der Waals surface area (Å²) < 4.78 is 6.19. The summed E-state index contributed by atoms with van der Waals surface area (Å²) in [5, 5.41) is 3.26. The predicted molar refractivity (Wildman–Crippen MR) is 128 cm³/mol. The molecule has 0 radical (unpaired) electrons. The molecule has 1 aliphatic rings. The molecule has 0 spiro atoms. The number of H-pyrrole nitrogens is 1. The van der Waals surface area contributed by atoms with Gasteiger partial charge in [-0.15, -0.1) is 0 Å². The van der Waals surface area contributed by atoms with Crippen LogP contribution in [0.25, 0.3) is 0 Å². The number of benzene rings is 1. The molecule has 1 saturated heterocycles. The first-order valence-corrected chi connectivity index (χ1v) is 11.7. The van der Waals surface area contributed by atoms with Gasteiger partial charge in [-0.05, 0) is 79.7 Å². The summed E-state index contributed by atoms with van der Waals surface area (Å²) >= 11 is 10.1. The van der Waals surface area contributed by atoms with E-state index in [1.165, 1.54) is 0 Å². The van der Waals surface area contributed by atoms with Crippen LogP contribution >= 0.6 is 27.5 Å². The molecule has 0 unspecified atom stereocenters. The molecule has 3 rings (SSSR count). The van der Waals surface area contributed by atoms with Gasteiger partial charge in [0.05, 0.1) is 10.6 Å². The Balaban J connectivity index is 1.91. The summed E-state index contributed by atoms with van der Waals surface area (Å²) in [7, 11) is 0. The summed E-state index contributed by atoms with van der Waals surface area (Å²) in [6.45, 7) is 10.2. The lowest BCUT2D eigenvalue weighted by atomic mass is 10.0. The Morgan fingerprint density at radius 2 is 1.97 bits per heavy atom. The van der Waals surface area contributed by atoms with Crippen molar-refractivity contribution in [2.24, 2.45) is 0 Å². The molecule has 0 atom stereocenters. The molecule has 0 aliphatic carbocycles. The lowest BCUT2D eigenvalue weighted by Crippen LogP contribution is -2.40. The fraction of sp³-hybridized carbons (Fsp3) is 0.478. The molecule has 1 aromatic heterocycles. The number of carbonyl (C=O) groups excluding carboxylic acids is 1. The summed E-state index contributed by atoms with van der Waals surface area (Å²) in [5.41, 5.74) is 4.23. The van der Waals surface area contributed by atoms with Gasteiger partial charge in [0.2, 0.25) is 0 Å². The van der Waals surface area contributed by atoms with Crippen LogP contribution in [0.15, 0.2) is 21.4 Å². The molecule has 0 bridgehead atoms. The molecule has 1 aliphatic heterocycles. The maximum absolute atomic E-state index is 13.2. The zero-order chi connectivity index (χ0) is 22.7. The molecule has 168 valence electrons. The minimum atomic E-state index is -0.299. The number of hydrogen-bond acceptors (Lipinski definition) is 4. The third kappa shape index (κ3) is 5.16. The first-order chi connectivity index (χ1) is 14.7. The summed E-state index contributed by atoms with van der Waals surface area (Å²) in [6.07, 6.45) is 1.90. The van der Waals surface area contributed by atoms with Crippen LogP contribution in [0.3, 0.4) is 0 Å². The van der Waals surface area contributed by atoms with Crippen molar-refractivity contribution >= 4 is 39.1 Å². The highest BCUT2D eigenvalue weighted by Crippen LogP contribution is 2.37. The molecule has 1 fully saturated rings. The zero-order valence-corrected chi connectivity index (χ0v) is 20.7. The van der Waals surface area contributed by atoms with E-state index in [9.17, 15) is 9.59 Å². The van der Waals surface area contributed by atoms with E-state index in [4.69, 9.17) is 16.3 Å². The Morgan fingerprint density at radius 1 is 1.29 bits per heavy atom. The first-order valence-electron chi connectivity index (χ1n) is 10.5. The van der Waals surface area contributed by atoms with E-state index in [0.717, 1.165) is 55.1 Å². The average molecular weight is 511 g/mol. The highest BCUT2D eigenvalue weighted by Gasteiger charge is 2.26. The highest BCUT2D eigenvalue weighted by molar-refractivity contribution is 9.10. The van der Waals surface area contributed by atoms with Crippen LogP contribution in [-0.2, 0) is 11.3 Å². The number of aromatic amines is 1. The number of aromatic nitrogens is 1. The van der Waals surface area contributed by atoms with Crippen molar-refractivity contribution in [1.29, 1.82) is 0 Å². The van der Waals surface area contributed by atoms with Crippen LogP contribution < -0.4 is 15.8 Å². The highest BCUT2D eigenvalue weighted by atomic mass is 79.9. The molecule has 0 saturated carbocycles. The number of amides is 1. The SMILES string of the molecule is CCN(c1cc(Br)c(Cl)c(C(=O)NCc2c(C)cc(C)[nH]c2=O)c1C)C1CCOCC1. The Kier molecular flexibility index (Phi) is 7.83. The van der Waals surface area contributed by atoms with Crippen LogP contribution in [0.1, 0.15) is 52.5 Å². The van der Waals surface area contributed by atoms with E-state index in [1.807, 2.05) is 32.9 Å². The number of nitrogens with one attached hydrogen (secondary N) is 2. The Bertz CT molecular complexity index is 1030. The molecular formula is C23H29BrClN3O3. The van der Waals surface area contributed by atoms with Crippen LogP contribution in [0.5, 0.6) is 0 Å². The predicted octanol–water partition coefficient (Wildman–Crippen LogP) is 4.65. The number of ether oxygens (including phenoxy) is 1. The maximum atomic E-state index is 13.2. The van der Waals surface area contributed by atoms with Crippen molar-refractivity contribution < 1.29 is 9.53 Å². The van der Waals surface area contributed by atoms with Crippen LogP contribution in [-0.4, -0.2) is 36.7 Å². The summed E-state index contributed by atoms with van der Waals surface area (Å²) in [5.74, 6) is -0.299. The van der Waals surface area contributed by atoms with Crippen molar-refractivity contribution in [1.82, 2.24) is 10.3 Å². The summed E-state index contributed by atoms with van der Waals surface area (Å²) in [6, 6.07) is 4.24. The average Bonchev–Trinajstić information content (AvgIpc) is 2.72. The monoisotopic (exact) mass is 509 g/mol. The van der Waals surface area contributed by atoms with Gasteiger partial charge in [-0.25, -0.2) is 0 Å². The van der Waals surface area contributed by atoms with Gasteiger partial charge in [0.15, 0.2) is 0 Å². The van der Waals surface area contributed by atoms with Crippen LogP contribution in [0.4, 0.5) is 5.69 Å². The van der Waals surface area contributed by atoms with Crippen molar-refractivity contribution in [3.05, 3.63) is 59.9 Å². The number of carbonyl (C=O) groups is 1. The quantitative estimate of drug-likeness (QED) is 0.593. The van der Waals surface area contributed by atoms with Crippen LogP contribution in [0, 0.1) is 20.8 Å². The van der Waals surface area contributed by atoms with Crippen molar-refractivity contribution in [3.63, 3.8) is 0 Å². The lowest BCUT2D eigenvalue weighted by molar-refractivity contribution is 0.0845. The van der Waals surface area contributed by atoms with Gasteiger partial charge in [0.25, 0.3) is 11.5 Å². The number of halogens is 2. The Labute approximate surface area is 196 Å². The fourth-order valence-corrected chi connectivity index (χ4v) is 4.95. The summed E-state index contributed by atoms with van der Waals surface area (Å²) in [4.78, 5) is 30.6. The Morgan fingerprint density at radius 3 is 2.58 bits per heavy atom. The van der Waals surface area contributed by atoms with Gasteiger partial charge in [0.1, 0.15) is 0 Å². The third-order valence-electron chi connectivity index (χ3n) is 5.88. The topological polar surface area (TPSA) is 74.4 Å². The van der Waals surface area contributed by atoms with E-state index in [1.54, 1.807) is 0 Å². The number of aryl methyl sites for hydroxylation is 2. The second kappa shape index (κ2) is 10.2.